The van der Waals surface area contributed by atoms with Crippen LogP contribution in [0, 0.1) is 0 Å². The Morgan fingerprint density at radius 1 is 1.48 bits per heavy atom. The quantitative estimate of drug-likeness (QED) is 0.659. The number of likely N-dealkylation sites (tertiary alicyclic amines) is 1. The SMILES string of the molecule is CC(C)(C)OC(=O)N1CCCC1CNCc1cnc(Cl)nc1Cl. The first kappa shape index (κ1) is 18.2. The maximum atomic E-state index is 12.2. The minimum atomic E-state index is -0.480. The molecule has 1 atom stereocenters. The topological polar surface area (TPSA) is 67.3 Å². The molecule has 0 aromatic carbocycles. The summed E-state index contributed by atoms with van der Waals surface area (Å²) in [5.41, 5.74) is 0.295. The van der Waals surface area contributed by atoms with Crippen molar-refractivity contribution in [1.29, 1.82) is 0 Å². The standard InChI is InChI=1S/C15H22Cl2N4O2/c1-15(2,3)23-14(22)21-6-4-5-11(21)9-18-7-10-8-19-13(17)20-12(10)16/h8,11,18H,4-7,9H2,1-3H3. The van der Waals surface area contributed by atoms with E-state index < -0.39 is 5.60 Å². The number of halogens is 2. The zero-order valence-corrected chi connectivity index (χ0v) is 15.1. The van der Waals surface area contributed by atoms with Crippen LogP contribution in [-0.2, 0) is 11.3 Å². The van der Waals surface area contributed by atoms with E-state index in [9.17, 15) is 4.79 Å². The zero-order valence-electron chi connectivity index (χ0n) is 13.6. The van der Waals surface area contributed by atoms with Gasteiger partial charge in [0.2, 0.25) is 5.28 Å². The summed E-state index contributed by atoms with van der Waals surface area (Å²) < 4.78 is 5.45. The van der Waals surface area contributed by atoms with E-state index >= 15 is 0 Å². The number of aromatic nitrogens is 2. The fourth-order valence-electron chi connectivity index (χ4n) is 2.47. The van der Waals surface area contributed by atoms with Gasteiger partial charge in [0.05, 0.1) is 0 Å². The molecule has 128 valence electrons. The van der Waals surface area contributed by atoms with Gasteiger partial charge in [0.15, 0.2) is 0 Å². The maximum Gasteiger partial charge on any atom is 0.410 e. The molecule has 1 aliphatic heterocycles. The highest BCUT2D eigenvalue weighted by atomic mass is 35.5. The summed E-state index contributed by atoms with van der Waals surface area (Å²) in [6.45, 7) is 7.53. The normalized spacial score (nSPS) is 18.3. The molecule has 1 aromatic rings. The third-order valence-electron chi connectivity index (χ3n) is 3.48. The first-order valence-electron chi connectivity index (χ1n) is 7.63. The zero-order chi connectivity index (χ0) is 17.0. The summed E-state index contributed by atoms with van der Waals surface area (Å²) in [6, 6.07) is 0.122. The van der Waals surface area contributed by atoms with E-state index in [-0.39, 0.29) is 17.4 Å². The van der Waals surface area contributed by atoms with Crippen molar-refractivity contribution in [1.82, 2.24) is 20.2 Å². The number of amides is 1. The molecule has 0 aliphatic carbocycles. The lowest BCUT2D eigenvalue weighted by molar-refractivity contribution is 0.0226. The lowest BCUT2D eigenvalue weighted by Gasteiger charge is -2.28. The van der Waals surface area contributed by atoms with Crippen LogP contribution >= 0.6 is 23.2 Å². The highest BCUT2D eigenvalue weighted by Crippen LogP contribution is 2.21. The molecule has 1 N–H and O–H groups in total. The van der Waals surface area contributed by atoms with Gasteiger partial charge in [0.1, 0.15) is 10.8 Å². The van der Waals surface area contributed by atoms with Crippen molar-refractivity contribution in [3.63, 3.8) is 0 Å². The van der Waals surface area contributed by atoms with E-state index in [0.29, 0.717) is 18.2 Å². The third kappa shape index (κ3) is 5.48. The molecular formula is C15H22Cl2N4O2. The number of ether oxygens (including phenoxy) is 1. The molecule has 1 fully saturated rings. The Labute approximate surface area is 146 Å². The first-order valence-corrected chi connectivity index (χ1v) is 8.39. The second-order valence-corrected chi connectivity index (χ2v) is 7.25. The van der Waals surface area contributed by atoms with Crippen LogP contribution in [0.1, 0.15) is 39.2 Å². The van der Waals surface area contributed by atoms with Crippen molar-refractivity contribution in [3.05, 3.63) is 22.2 Å². The highest BCUT2D eigenvalue weighted by Gasteiger charge is 2.31. The summed E-state index contributed by atoms with van der Waals surface area (Å²) in [6.07, 6.45) is 3.29. The monoisotopic (exact) mass is 360 g/mol. The summed E-state index contributed by atoms with van der Waals surface area (Å²) in [4.78, 5) is 21.8. The molecule has 2 heterocycles. The van der Waals surface area contributed by atoms with Gasteiger partial charge in [-0.05, 0) is 45.2 Å². The van der Waals surface area contributed by atoms with Crippen molar-refractivity contribution in [3.8, 4) is 0 Å². The number of carbonyl (C=O) groups is 1. The van der Waals surface area contributed by atoms with Gasteiger partial charge in [-0.25, -0.2) is 14.8 Å². The predicted molar refractivity (Wildman–Crippen MR) is 89.7 cm³/mol. The smallest absolute Gasteiger partial charge is 0.410 e. The van der Waals surface area contributed by atoms with Crippen molar-refractivity contribution in [2.45, 2.75) is 51.8 Å². The average Bonchev–Trinajstić information content (AvgIpc) is 2.88. The molecule has 1 saturated heterocycles. The number of nitrogens with one attached hydrogen (secondary N) is 1. The highest BCUT2D eigenvalue weighted by molar-refractivity contribution is 6.32. The van der Waals surface area contributed by atoms with Crippen LogP contribution in [0.5, 0.6) is 0 Å². The number of carbonyl (C=O) groups excluding carboxylic acids is 1. The third-order valence-corrected chi connectivity index (χ3v) is 3.99. The molecule has 0 radical (unpaired) electrons. The van der Waals surface area contributed by atoms with E-state index in [1.807, 2.05) is 20.8 Å². The molecule has 1 amide bonds. The largest absolute Gasteiger partial charge is 0.444 e. The van der Waals surface area contributed by atoms with Crippen molar-refractivity contribution in [2.24, 2.45) is 0 Å². The van der Waals surface area contributed by atoms with E-state index in [2.05, 4.69) is 15.3 Å². The van der Waals surface area contributed by atoms with Crippen LogP contribution in [-0.4, -0.2) is 45.7 Å². The lowest BCUT2D eigenvalue weighted by atomic mass is 10.2. The molecule has 1 unspecified atom stereocenters. The Kier molecular flexibility index (Phi) is 6.06. The van der Waals surface area contributed by atoms with Crippen LogP contribution in [0.25, 0.3) is 0 Å². The van der Waals surface area contributed by atoms with Crippen LogP contribution in [0.15, 0.2) is 6.20 Å². The molecule has 2 rings (SSSR count). The van der Waals surface area contributed by atoms with E-state index in [1.54, 1.807) is 11.1 Å². The van der Waals surface area contributed by atoms with Crippen molar-refractivity contribution >= 4 is 29.3 Å². The molecule has 1 aliphatic rings. The van der Waals surface area contributed by atoms with Crippen LogP contribution < -0.4 is 5.32 Å². The Bertz CT molecular complexity index is 563. The van der Waals surface area contributed by atoms with Gasteiger partial charge in [-0.15, -0.1) is 0 Å². The molecule has 8 heteroatoms. The van der Waals surface area contributed by atoms with E-state index in [4.69, 9.17) is 27.9 Å². The van der Waals surface area contributed by atoms with Crippen LogP contribution in [0.2, 0.25) is 10.4 Å². The average molecular weight is 361 g/mol. The Morgan fingerprint density at radius 2 is 2.22 bits per heavy atom. The first-order chi connectivity index (χ1) is 10.8. The predicted octanol–water partition coefficient (Wildman–Crippen LogP) is 3.27. The Balaban J connectivity index is 1.85. The second-order valence-electron chi connectivity index (χ2n) is 6.56. The Morgan fingerprint density at radius 3 is 2.87 bits per heavy atom. The number of nitrogens with zero attached hydrogens (tertiary/aromatic N) is 3. The molecule has 23 heavy (non-hydrogen) atoms. The minimum Gasteiger partial charge on any atom is -0.444 e. The van der Waals surface area contributed by atoms with Gasteiger partial charge >= 0.3 is 6.09 Å². The molecule has 0 spiro atoms. The van der Waals surface area contributed by atoms with E-state index in [0.717, 1.165) is 24.9 Å². The fourth-order valence-corrected chi connectivity index (χ4v) is 2.84. The van der Waals surface area contributed by atoms with Gasteiger partial charge in [-0.3, -0.25) is 0 Å². The summed E-state index contributed by atoms with van der Waals surface area (Å²) in [7, 11) is 0. The molecule has 0 saturated carbocycles. The Hall–Kier alpha value is -1.11. The molecule has 0 bridgehead atoms. The molecular weight excluding hydrogens is 339 g/mol. The lowest BCUT2D eigenvalue weighted by Crippen LogP contribution is -2.44. The van der Waals surface area contributed by atoms with Crippen molar-refractivity contribution in [2.75, 3.05) is 13.1 Å². The second kappa shape index (κ2) is 7.64. The van der Waals surface area contributed by atoms with Gasteiger partial charge < -0.3 is 15.0 Å². The van der Waals surface area contributed by atoms with Gasteiger partial charge in [0.25, 0.3) is 0 Å². The summed E-state index contributed by atoms with van der Waals surface area (Å²) in [5, 5.41) is 3.77. The van der Waals surface area contributed by atoms with Gasteiger partial charge in [-0.1, -0.05) is 11.6 Å². The van der Waals surface area contributed by atoms with Crippen LogP contribution in [0.4, 0.5) is 4.79 Å². The number of rotatable bonds is 4. The van der Waals surface area contributed by atoms with Crippen molar-refractivity contribution < 1.29 is 9.53 Å². The molecule has 6 nitrogen and oxygen atoms in total. The summed E-state index contributed by atoms with van der Waals surface area (Å²) in [5.74, 6) is 0. The van der Waals surface area contributed by atoms with Gasteiger partial charge in [-0.2, -0.15) is 0 Å². The van der Waals surface area contributed by atoms with E-state index in [1.165, 1.54) is 0 Å². The minimum absolute atomic E-state index is 0.122. The fraction of sp³-hybridized carbons (Fsp3) is 0.667. The van der Waals surface area contributed by atoms with Gasteiger partial charge in [0, 0.05) is 37.4 Å². The van der Waals surface area contributed by atoms with Crippen LogP contribution in [0.3, 0.4) is 0 Å². The summed E-state index contributed by atoms with van der Waals surface area (Å²) >= 11 is 11.7. The number of hydrogen-bond acceptors (Lipinski definition) is 5. The molecule has 1 aromatic heterocycles. The maximum absolute atomic E-state index is 12.2. The number of hydrogen-bond donors (Lipinski definition) is 1.